The van der Waals surface area contributed by atoms with Gasteiger partial charge in [-0.05, 0) is 153 Å². The fourth-order valence-corrected chi connectivity index (χ4v) is 12.4. The van der Waals surface area contributed by atoms with Gasteiger partial charge in [-0.25, -0.2) is 4.79 Å². The van der Waals surface area contributed by atoms with E-state index in [0.29, 0.717) is 33.5 Å². The molecule has 0 heterocycles. The van der Waals surface area contributed by atoms with Crippen LogP contribution in [0.1, 0.15) is 125 Å². The Balaban J connectivity index is 1.15. The minimum absolute atomic E-state index is 0.0108. The normalized spacial score (nSPS) is 42.2. The fourth-order valence-electron chi connectivity index (χ4n) is 12.4. The molecule has 3 nitrogen and oxygen atoms in total. The number of carbonyl (C=O) groups excluding carboxylic acids is 1. The third kappa shape index (κ3) is 4.60. The predicted molar refractivity (Wildman–Crippen MR) is 176 cm³/mol. The van der Waals surface area contributed by atoms with Crippen molar-refractivity contribution in [1.29, 1.82) is 0 Å². The van der Waals surface area contributed by atoms with Crippen LogP contribution >= 0.6 is 0 Å². The molecule has 1 N–H and O–H groups in total. The van der Waals surface area contributed by atoms with E-state index < -0.39 is 0 Å². The molecule has 5 aliphatic carbocycles. The molecule has 1 aromatic rings. The smallest absolute Gasteiger partial charge is 0.331 e. The second-order valence-electron chi connectivity index (χ2n) is 17.2. The number of esters is 1. The lowest BCUT2D eigenvalue weighted by molar-refractivity contribution is -0.179. The summed E-state index contributed by atoms with van der Waals surface area (Å²) in [5, 5.41) is 9.54. The van der Waals surface area contributed by atoms with Gasteiger partial charge in [-0.3, -0.25) is 0 Å². The number of benzene rings is 1. The maximum absolute atomic E-state index is 13.0. The Kier molecular flexibility index (Phi) is 7.58. The van der Waals surface area contributed by atoms with Crippen molar-refractivity contribution in [2.75, 3.05) is 0 Å². The molecule has 6 rings (SSSR count). The van der Waals surface area contributed by atoms with Crippen molar-refractivity contribution in [3.63, 3.8) is 0 Å². The van der Waals surface area contributed by atoms with Gasteiger partial charge in [-0.15, -0.1) is 0 Å². The Morgan fingerprint density at radius 1 is 0.930 bits per heavy atom. The van der Waals surface area contributed by atoms with E-state index >= 15 is 0 Å². The number of fused-ring (bicyclic) bond motifs is 2. The van der Waals surface area contributed by atoms with Gasteiger partial charge in [0.15, 0.2) is 0 Å². The summed E-state index contributed by atoms with van der Waals surface area (Å²) in [6.45, 7) is 21.6. The lowest BCUT2D eigenvalue weighted by Crippen LogP contribution is -2.58. The average Bonchev–Trinajstić information content (AvgIpc) is 3.54. The first-order valence-electron chi connectivity index (χ1n) is 17.5. The van der Waals surface area contributed by atoms with E-state index in [1.807, 2.05) is 12.1 Å². The summed E-state index contributed by atoms with van der Waals surface area (Å²) in [7, 11) is 0. The minimum Gasteiger partial charge on any atom is -0.508 e. The highest BCUT2D eigenvalue weighted by atomic mass is 16.5. The zero-order valence-corrected chi connectivity index (χ0v) is 28.2. The van der Waals surface area contributed by atoms with E-state index in [4.69, 9.17) is 4.74 Å². The third-order valence-corrected chi connectivity index (χ3v) is 15.3. The number of ether oxygens (including phenoxy) is 1. The van der Waals surface area contributed by atoms with Gasteiger partial charge in [0, 0.05) is 11.5 Å². The Labute approximate surface area is 262 Å². The monoisotopic (exact) mass is 586 g/mol. The van der Waals surface area contributed by atoms with Crippen molar-refractivity contribution in [3.05, 3.63) is 48.1 Å². The van der Waals surface area contributed by atoms with Crippen LogP contribution in [-0.4, -0.2) is 17.2 Å². The van der Waals surface area contributed by atoms with E-state index in [2.05, 4.69) is 55.0 Å². The average molecular weight is 587 g/mol. The van der Waals surface area contributed by atoms with E-state index in [0.717, 1.165) is 29.7 Å². The Morgan fingerprint density at radius 2 is 1.60 bits per heavy atom. The topological polar surface area (TPSA) is 46.5 Å². The van der Waals surface area contributed by atoms with Crippen LogP contribution in [0.2, 0.25) is 0 Å². The summed E-state index contributed by atoms with van der Waals surface area (Å²) in [6, 6.07) is 6.91. The van der Waals surface area contributed by atoms with Crippen LogP contribution in [0.5, 0.6) is 5.75 Å². The van der Waals surface area contributed by atoms with Gasteiger partial charge in [-0.1, -0.05) is 65.8 Å². The van der Waals surface area contributed by atoms with E-state index in [1.54, 1.807) is 24.3 Å². The van der Waals surface area contributed by atoms with Crippen molar-refractivity contribution in [2.24, 2.45) is 56.7 Å². The number of phenols is 1. The molecule has 0 bridgehead atoms. The lowest BCUT2D eigenvalue weighted by Gasteiger charge is -2.63. The Bertz CT molecular complexity index is 1270. The molecule has 2 spiro atoms. The molecule has 43 heavy (non-hydrogen) atoms. The van der Waals surface area contributed by atoms with Crippen molar-refractivity contribution >= 4 is 12.0 Å². The maximum Gasteiger partial charge on any atom is 0.331 e. The van der Waals surface area contributed by atoms with Gasteiger partial charge in [0.05, 0.1) is 0 Å². The summed E-state index contributed by atoms with van der Waals surface area (Å²) in [5.41, 5.74) is 4.09. The van der Waals surface area contributed by atoms with E-state index in [1.165, 1.54) is 69.8 Å². The van der Waals surface area contributed by atoms with Crippen LogP contribution in [-0.2, 0) is 9.53 Å². The molecular formula is C40H58O3. The van der Waals surface area contributed by atoms with Gasteiger partial charge >= 0.3 is 5.97 Å². The summed E-state index contributed by atoms with van der Waals surface area (Å²) in [5.74, 6) is 3.74. The molecule has 3 heteroatoms. The second kappa shape index (κ2) is 10.5. The van der Waals surface area contributed by atoms with Crippen LogP contribution in [0, 0.1) is 56.7 Å². The second-order valence-corrected chi connectivity index (χ2v) is 17.2. The molecule has 10 atom stereocenters. The first kappa shape index (κ1) is 31.0. The highest BCUT2D eigenvalue weighted by Gasteiger charge is 2.82. The number of hydrogen-bond donors (Lipinski definition) is 1. The van der Waals surface area contributed by atoms with Gasteiger partial charge in [-0.2, -0.15) is 0 Å². The first-order chi connectivity index (χ1) is 20.2. The standard InChI is InChI=1S/C40H58O3/c1-26(2)27(3)9-10-28(4)31-19-21-38(8)33-17-16-32-36(5,6)34(43-35(42)18-13-29-11-14-30(41)15-12-29)20-22-39(32)25-40(33,39)24-23-37(31,38)7/h11-15,18,27-28,31-34,41H,1,9-10,16-17,19-25H2,2-8H3. The summed E-state index contributed by atoms with van der Waals surface area (Å²) >= 11 is 0. The molecular weight excluding hydrogens is 528 g/mol. The highest BCUT2D eigenvalue weighted by Crippen LogP contribution is 2.89. The van der Waals surface area contributed by atoms with E-state index in [-0.39, 0.29) is 23.2 Å². The predicted octanol–water partition coefficient (Wildman–Crippen LogP) is 10.4. The zero-order chi connectivity index (χ0) is 31.0. The first-order valence-corrected chi connectivity index (χ1v) is 17.5. The van der Waals surface area contributed by atoms with Crippen molar-refractivity contribution in [3.8, 4) is 5.75 Å². The lowest BCUT2D eigenvalue weighted by atomic mass is 9.41. The van der Waals surface area contributed by atoms with E-state index in [9.17, 15) is 9.90 Å². The Hall–Kier alpha value is -2.03. The zero-order valence-electron chi connectivity index (χ0n) is 28.2. The third-order valence-electron chi connectivity index (χ3n) is 15.3. The van der Waals surface area contributed by atoms with Crippen LogP contribution in [0.15, 0.2) is 42.5 Å². The maximum atomic E-state index is 13.0. The van der Waals surface area contributed by atoms with Gasteiger partial charge < -0.3 is 9.84 Å². The van der Waals surface area contributed by atoms with Crippen LogP contribution in [0.4, 0.5) is 0 Å². The highest BCUT2D eigenvalue weighted by molar-refractivity contribution is 5.87. The number of carbonyl (C=O) groups is 1. The van der Waals surface area contributed by atoms with Crippen LogP contribution < -0.4 is 0 Å². The SMILES string of the molecule is C=C(C)C(C)CCC(C)C1CCC2(C)C3CCC4C(C)(C)C(OC(=O)C=Cc5ccc(O)cc5)CCC45CC35CCC12C. The minimum atomic E-state index is -0.244. The molecule has 0 aromatic heterocycles. The van der Waals surface area contributed by atoms with Gasteiger partial charge in [0.2, 0.25) is 0 Å². The molecule has 0 radical (unpaired) electrons. The van der Waals surface area contributed by atoms with Crippen molar-refractivity contribution in [2.45, 2.75) is 125 Å². The molecule has 5 saturated carbocycles. The summed E-state index contributed by atoms with van der Waals surface area (Å²) in [6.07, 6.45) is 17.9. The van der Waals surface area contributed by atoms with Crippen molar-refractivity contribution < 1.29 is 14.6 Å². The molecule has 5 aliphatic rings. The molecule has 5 fully saturated rings. The number of aromatic hydroxyl groups is 1. The number of allylic oxidation sites excluding steroid dienone is 1. The molecule has 1 aromatic carbocycles. The molecule has 236 valence electrons. The van der Waals surface area contributed by atoms with Gasteiger partial charge in [0.1, 0.15) is 11.9 Å². The van der Waals surface area contributed by atoms with Gasteiger partial charge in [0.25, 0.3) is 0 Å². The quantitative estimate of drug-likeness (QED) is 0.187. The molecule has 0 aliphatic heterocycles. The number of hydrogen-bond acceptors (Lipinski definition) is 3. The summed E-state index contributed by atoms with van der Waals surface area (Å²) in [4.78, 5) is 13.0. The fraction of sp³-hybridized carbons (Fsp3) is 0.725. The number of phenolic OH excluding ortho intramolecular Hbond substituents is 1. The molecule has 10 unspecified atom stereocenters. The Morgan fingerprint density at radius 3 is 2.30 bits per heavy atom. The van der Waals surface area contributed by atoms with Crippen LogP contribution in [0.3, 0.4) is 0 Å². The van der Waals surface area contributed by atoms with Crippen molar-refractivity contribution in [1.82, 2.24) is 0 Å². The van der Waals surface area contributed by atoms with Crippen LogP contribution in [0.25, 0.3) is 6.08 Å². The largest absolute Gasteiger partial charge is 0.508 e. The molecule has 0 amide bonds. The molecule has 0 saturated heterocycles. The number of rotatable bonds is 8. The summed E-state index contributed by atoms with van der Waals surface area (Å²) < 4.78 is 6.22.